The molecule has 0 saturated heterocycles. The predicted octanol–water partition coefficient (Wildman–Crippen LogP) is 0.249. The minimum absolute atomic E-state index is 0.0929. The van der Waals surface area contributed by atoms with Crippen LogP contribution in [-0.2, 0) is 4.79 Å². The summed E-state index contributed by atoms with van der Waals surface area (Å²) < 4.78 is 0. The smallest absolute Gasteiger partial charge is 0.227 e. The van der Waals surface area contributed by atoms with E-state index in [1.165, 1.54) is 0 Å². The second-order valence-corrected chi connectivity index (χ2v) is 4.61. The second kappa shape index (κ2) is 4.75. The number of carbonyl (C=O) groups is 1. The molecule has 0 heterocycles. The van der Waals surface area contributed by atoms with Gasteiger partial charge < -0.3 is 16.2 Å². The van der Waals surface area contributed by atoms with Gasteiger partial charge in [0.05, 0.1) is 11.0 Å². The molecule has 14 heavy (non-hydrogen) atoms. The quantitative estimate of drug-likeness (QED) is 0.598. The maximum Gasteiger partial charge on any atom is 0.227 e. The van der Waals surface area contributed by atoms with Crippen molar-refractivity contribution in [1.82, 2.24) is 5.32 Å². The largest absolute Gasteiger partial charge is 0.389 e. The molecule has 84 valence electrons. The minimum atomic E-state index is -0.876. The van der Waals surface area contributed by atoms with Crippen molar-refractivity contribution in [3.63, 3.8) is 0 Å². The molecule has 0 rings (SSSR count). The molecule has 0 saturated carbocycles. The first-order chi connectivity index (χ1) is 6.25. The van der Waals surface area contributed by atoms with E-state index >= 15 is 0 Å². The van der Waals surface area contributed by atoms with Crippen LogP contribution in [0.3, 0.4) is 0 Å². The molecule has 0 aromatic rings. The van der Waals surface area contributed by atoms with Gasteiger partial charge in [0.25, 0.3) is 0 Å². The van der Waals surface area contributed by atoms with Crippen LogP contribution >= 0.6 is 0 Å². The average molecular weight is 202 g/mol. The van der Waals surface area contributed by atoms with Crippen LogP contribution in [0.5, 0.6) is 0 Å². The summed E-state index contributed by atoms with van der Waals surface area (Å²) in [5.74, 6) is -0.0929. The van der Waals surface area contributed by atoms with Crippen LogP contribution in [0, 0.1) is 5.41 Å². The van der Waals surface area contributed by atoms with Crippen LogP contribution in [-0.4, -0.2) is 29.7 Å². The minimum Gasteiger partial charge on any atom is -0.389 e. The van der Waals surface area contributed by atoms with Crippen molar-refractivity contribution < 1.29 is 9.90 Å². The lowest BCUT2D eigenvalue weighted by Gasteiger charge is -2.27. The average Bonchev–Trinajstić information content (AvgIpc) is 2.11. The van der Waals surface area contributed by atoms with Gasteiger partial charge in [0.1, 0.15) is 0 Å². The summed E-state index contributed by atoms with van der Waals surface area (Å²) in [6.45, 7) is 7.63. The highest BCUT2D eigenvalue weighted by atomic mass is 16.3. The van der Waals surface area contributed by atoms with Gasteiger partial charge in [0.15, 0.2) is 0 Å². The van der Waals surface area contributed by atoms with Crippen molar-refractivity contribution in [3.05, 3.63) is 0 Å². The molecule has 4 N–H and O–H groups in total. The van der Waals surface area contributed by atoms with Crippen LogP contribution in [0.15, 0.2) is 0 Å². The van der Waals surface area contributed by atoms with Crippen molar-refractivity contribution in [2.24, 2.45) is 11.1 Å². The van der Waals surface area contributed by atoms with Gasteiger partial charge >= 0.3 is 0 Å². The fraction of sp³-hybridized carbons (Fsp3) is 0.900. The standard InChI is InChI=1S/C10H22N2O2/c1-5-10(4,6-11)8(13)12-7-9(2,3)14/h14H,5-7,11H2,1-4H3,(H,12,13). The summed E-state index contributed by atoms with van der Waals surface area (Å²) in [6, 6.07) is 0. The van der Waals surface area contributed by atoms with E-state index < -0.39 is 11.0 Å². The third-order valence-corrected chi connectivity index (χ3v) is 2.46. The summed E-state index contributed by atoms with van der Waals surface area (Å²) in [6.07, 6.45) is 0.696. The molecule has 0 aliphatic carbocycles. The lowest BCUT2D eigenvalue weighted by molar-refractivity contribution is -0.130. The van der Waals surface area contributed by atoms with Crippen LogP contribution in [0.25, 0.3) is 0 Å². The summed E-state index contributed by atoms with van der Waals surface area (Å²) in [5.41, 5.74) is 4.14. The molecule has 1 amide bonds. The molecule has 1 atom stereocenters. The number of hydrogen-bond donors (Lipinski definition) is 3. The van der Waals surface area contributed by atoms with Crippen LogP contribution in [0.2, 0.25) is 0 Å². The fourth-order valence-corrected chi connectivity index (χ4v) is 0.908. The maximum absolute atomic E-state index is 11.7. The van der Waals surface area contributed by atoms with Crippen molar-refractivity contribution in [2.45, 2.75) is 39.7 Å². The lowest BCUT2D eigenvalue weighted by atomic mass is 9.86. The Morgan fingerprint density at radius 2 is 1.93 bits per heavy atom. The Labute approximate surface area is 85.9 Å². The zero-order chi connectivity index (χ0) is 11.4. The molecule has 0 aliphatic rings. The van der Waals surface area contributed by atoms with E-state index in [2.05, 4.69) is 5.32 Å². The Hall–Kier alpha value is -0.610. The number of rotatable bonds is 5. The lowest BCUT2D eigenvalue weighted by Crippen LogP contribution is -2.47. The van der Waals surface area contributed by atoms with Gasteiger partial charge in [-0.15, -0.1) is 0 Å². The fourth-order valence-electron chi connectivity index (χ4n) is 0.908. The molecule has 0 aliphatic heterocycles. The van der Waals surface area contributed by atoms with Gasteiger partial charge in [-0.2, -0.15) is 0 Å². The zero-order valence-corrected chi connectivity index (χ0v) is 9.55. The Balaban J connectivity index is 4.20. The molecule has 0 radical (unpaired) electrons. The van der Waals surface area contributed by atoms with Gasteiger partial charge in [-0.25, -0.2) is 0 Å². The van der Waals surface area contributed by atoms with Crippen molar-refractivity contribution in [3.8, 4) is 0 Å². The summed E-state index contributed by atoms with van der Waals surface area (Å²) in [7, 11) is 0. The molecule has 0 bridgehead atoms. The highest BCUT2D eigenvalue weighted by molar-refractivity contribution is 5.82. The number of hydrogen-bond acceptors (Lipinski definition) is 3. The van der Waals surface area contributed by atoms with Crippen LogP contribution in [0.4, 0.5) is 0 Å². The Morgan fingerprint density at radius 1 is 1.43 bits per heavy atom. The third kappa shape index (κ3) is 4.07. The summed E-state index contributed by atoms with van der Waals surface area (Å²) >= 11 is 0. The van der Waals surface area contributed by atoms with Crippen LogP contribution < -0.4 is 11.1 Å². The number of aliphatic hydroxyl groups is 1. The van der Waals surface area contributed by atoms with Gasteiger partial charge in [-0.3, -0.25) is 4.79 Å². The Kier molecular flexibility index (Phi) is 4.55. The first-order valence-electron chi connectivity index (χ1n) is 4.96. The molecule has 0 fully saturated rings. The number of amides is 1. The van der Waals surface area contributed by atoms with Crippen molar-refractivity contribution in [1.29, 1.82) is 0 Å². The third-order valence-electron chi connectivity index (χ3n) is 2.46. The van der Waals surface area contributed by atoms with Crippen molar-refractivity contribution in [2.75, 3.05) is 13.1 Å². The molecule has 4 nitrogen and oxygen atoms in total. The second-order valence-electron chi connectivity index (χ2n) is 4.61. The highest BCUT2D eigenvalue weighted by Crippen LogP contribution is 2.19. The number of nitrogens with two attached hydrogens (primary N) is 1. The summed E-state index contributed by atoms with van der Waals surface area (Å²) in [5, 5.41) is 12.1. The highest BCUT2D eigenvalue weighted by Gasteiger charge is 2.30. The number of nitrogens with one attached hydrogen (secondary N) is 1. The Bertz CT molecular complexity index is 193. The van der Waals surface area contributed by atoms with E-state index in [1.807, 2.05) is 13.8 Å². The normalized spacial score (nSPS) is 16.1. The molecule has 1 unspecified atom stereocenters. The van der Waals surface area contributed by atoms with Crippen LogP contribution in [0.1, 0.15) is 34.1 Å². The van der Waals surface area contributed by atoms with Gasteiger partial charge in [0.2, 0.25) is 5.91 Å². The Morgan fingerprint density at radius 3 is 2.21 bits per heavy atom. The number of carbonyl (C=O) groups excluding carboxylic acids is 1. The molecule has 4 heteroatoms. The van der Waals surface area contributed by atoms with E-state index in [0.717, 1.165) is 0 Å². The monoisotopic (exact) mass is 202 g/mol. The molecule has 0 aromatic heterocycles. The topological polar surface area (TPSA) is 75.4 Å². The first kappa shape index (κ1) is 13.4. The zero-order valence-electron chi connectivity index (χ0n) is 9.55. The van der Waals surface area contributed by atoms with Gasteiger partial charge in [0, 0.05) is 13.1 Å². The molecular formula is C10H22N2O2. The SMILES string of the molecule is CCC(C)(CN)C(=O)NCC(C)(C)O. The predicted molar refractivity (Wildman–Crippen MR) is 56.8 cm³/mol. The van der Waals surface area contributed by atoms with E-state index in [1.54, 1.807) is 13.8 Å². The molecule has 0 aromatic carbocycles. The maximum atomic E-state index is 11.7. The van der Waals surface area contributed by atoms with Crippen molar-refractivity contribution >= 4 is 5.91 Å². The van der Waals surface area contributed by atoms with E-state index in [0.29, 0.717) is 13.0 Å². The first-order valence-corrected chi connectivity index (χ1v) is 4.96. The molecular weight excluding hydrogens is 180 g/mol. The molecule has 0 spiro atoms. The van der Waals surface area contributed by atoms with Gasteiger partial charge in [-0.1, -0.05) is 6.92 Å². The van der Waals surface area contributed by atoms with E-state index in [4.69, 9.17) is 5.73 Å². The van der Waals surface area contributed by atoms with E-state index in [-0.39, 0.29) is 12.5 Å². The van der Waals surface area contributed by atoms with Gasteiger partial charge in [-0.05, 0) is 27.2 Å². The summed E-state index contributed by atoms with van der Waals surface area (Å²) in [4.78, 5) is 11.7. The van der Waals surface area contributed by atoms with E-state index in [9.17, 15) is 9.90 Å².